The number of nitrogens with zero attached hydrogens (tertiary/aromatic N) is 1. The molecule has 3 rings (SSSR count). The predicted octanol–water partition coefficient (Wildman–Crippen LogP) is 3.28. The smallest absolute Gasteiger partial charge is 0.312 e. The fourth-order valence-corrected chi connectivity index (χ4v) is 3.41. The fraction of sp³-hybridized carbons (Fsp3) is 0.273. The van der Waals surface area contributed by atoms with Crippen molar-refractivity contribution in [2.75, 3.05) is 0 Å². The minimum absolute atomic E-state index is 0.451. The van der Waals surface area contributed by atoms with Crippen molar-refractivity contribution in [1.29, 1.82) is 0 Å². The van der Waals surface area contributed by atoms with Gasteiger partial charge < -0.3 is 9.52 Å². The third kappa shape index (κ3) is 1.81. The Bertz CT molecular complexity index is 589. The summed E-state index contributed by atoms with van der Waals surface area (Å²) in [5, 5.41) is 9.83. The van der Waals surface area contributed by atoms with E-state index in [9.17, 15) is 4.79 Å². The van der Waals surface area contributed by atoms with E-state index in [2.05, 4.69) is 20.9 Å². The molecule has 0 saturated carbocycles. The molecule has 1 atom stereocenters. The minimum atomic E-state index is -0.791. The Hall–Kier alpha value is -1.14. The number of carboxylic acid groups (broad SMARTS) is 1. The first-order valence-corrected chi connectivity index (χ1v) is 6.74. The van der Waals surface area contributed by atoms with Gasteiger partial charge in [-0.25, -0.2) is 4.98 Å². The molecule has 0 spiro atoms. The van der Waals surface area contributed by atoms with E-state index >= 15 is 0 Å². The molecule has 88 valence electrons. The normalized spacial score (nSPS) is 18.3. The molecule has 1 aliphatic carbocycles. The summed E-state index contributed by atoms with van der Waals surface area (Å²) in [6.45, 7) is 0. The highest BCUT2D eigenvalue weighted by Gasteiger charge is 2.32. The molecule has 0 radical (unpaired) electrons. The molecule has 0 saturated heterocycles. The molecule has 0 fully saturated rings. The molecule has 2 aromatic heterocycles. The zero-order valence-corrected chi connectivity index (χ0v) is 11.0. The third-order valence-corrected chi connectivity index (χ3v) is 4.37. The van der Waals surface area contributed by atoms with Crippen LogP contribution in [0.1, 0.15) is 22.9 Å². The lowest BCUT2D eigenvalue weighted by Crippen LogP contribution is -2.08. The number of hydrogen-bond donors (Lipinski definition) is 1. The highest BCUT2D eigenvalue weighted by atomic mass is 79.9. The first-order valence-electron chi connectivity index (χ1n) is 5.13. The standard InChI is InChI=1S/C11H8BrNO3S/c12-8-4-2-6(16-8)10-13-9-5(11(14)15)1-3-7(9)17-10/h2,4-5H,1,3H2,(H,14,15). The average Bonchev–Trinajstić information content (AvgIpc) is 2.89. The molecule has 17 heavy (non-hydrogen) atoms. The van der Waals surface area contributed by atoms with E-state index in [0.717, 1.165) is 16.3 Å². The fourth-order valence-electron chi connectivity index (χ4n) is 2.00. The van der Waals surface area contributed by atoms with Crippen LogP contribution in [0.2, 0.25) is 0 Å². The van der Waals surface area contributed by atoms with Crippen molar-refractivity contribution in [3.05, 3.63) is 27.4 Å². The lowest BCUT2D eigenvalue weighted by Gasteiger charge is -2.00. The van der Waals surface area contributed by atoms with Crippen molar-refractivity contribution in [2.24, 2.45) is 0 Å². The first-order chi connectivity index (χ1) is 8.15. The number of hydrogen-bond acceptors (Lipinski definition) is 4. The van der Waals surface area contributed by atoms with Crippen LogP contribution in [-0.4, -0.2) is 16.1 Å². The zero-order chi connectivity index (χ0) is 12.0. The second-order valence-electron chi connectivity index (χ2n) is 3.86. The van der Waals surface area contributed by atoms with E-state index in [1.807, 2.05) is 6.07 Å². The average molecular weight is 314 g/mol. The SMILES string of the molecule is O=C(O)C1CCc2sc(-c3ccc(Br)o3)nc21. The summed E-state index contributed by atoms with van der Waals surface area (Å²) in [6, 6.07) is 3.63. The molecule has 0 aliphatic heterocycles. The predicted molar refractivity (Wildman–Crippen MR) is 66.2 cm³/mol. The summed E-state index contributed by atoms with van der Waals surface area (Å²) in [5.74, 6) is -0.560. The summed E-state index contributed by atoms with van der Waals surface area (Å²) in [6.07, 6.45) is 1.46. The summed E-state index contributed by atoms with van der Waals surface area (Å²) in [5.41, 5.74) is 0.713. The van der Waals surface area contributed by atoms with Crippen molar-refractivity contribution in [3.8, 4) is 10.8 Å². The number of furan rings is 1. The molecule has 0 bridgehead atoms. The van der Waals surface area contributed by atoms with Crippen molar-refractivity contribution in [1.82, 2.24) is 4.98 Å². The maximum absolute atomic E-state index is 11.0. The van der Waals surface area contributed by atoms with Crippen molar-refractivity contribution in [2.45, 2.75) is 18.8 Å². The van der Waals surface area contributed by atoms with Gasteiger partial charge in [0.25, 0.3) is 0 Å². The highest BCUT2D eigenvalue weighted by molar-refractivity contribution is 9.10. The lowest BCUT2D eigenvalue weighted by molar-refractivity contribution is -0.138. The molecule has 2 heterocycles. The summed E-state index contributed by atoms with van der Waals surface area (Å²) >= 11 is 4.76. The summed E-state index contributed by atoms with van der Waals surface area (Å²) in [4.78, 5) is 16.5. The number of halogens is 1. The van der Waals surface area contributed by atoms with Gasteiger partial charge in [0.15, 0.2) is 15.4 Å². The Morgan fingerprint density at radius 2 is 2.41 bits per heavy atom. The largest absolute Gasteiger partial charge is 0.481 e. The van der Waals surface area contributed by atoms with Gasteiger partial charge in [0, 0.05) is 4.88 Å². The molecule has 0 aromatic carbocycles. The van der Waals surface area contributed by atoms with Crippen molar-refractivity contribution >= 4 is 33.2 Å². The number of carboxylic acids is 1. The van der Waals surface area contributed by atoms with Crippen LogP contribution in [0, 0.1) is 0 Å². The van der Waals surface area contributed by atoms with E-state index in [1.54, 1.807) is 6.07 Å². The van der Waals surface area contributed by atoms with E-state index < -0.39 is 11.9 Å². The minimum Gasteiger partial charge on any atom is -0.481 e. The third-order valence-electron chi connectivity index (χ3n) is 2.80. The molecule has 1 N–H and O–H groups in total. The van der Waals surface area contributed by atoms with E-state index in [1.165, 1.54) is 11.3 Å². The summed E-state index contributed by atoms with van der Waals surface area (Å²) in [7, 11) is 0. The van der Waals surface area contributed by atoms with Gasteiger partial charge in [-0.05, 0) is 40.9 Å². The van der Waals surface area contributed by atoms with E-state index in [-0.39, 0.29) is 0 Å². The van der Waals surface area contributed by atoms with E-state index in [4.69, 9.17) is 9.52 Å². The first kappa shape index (κ1) is 11.0. The van der Waals surface area contributed by atoms with E-state index in [0.29, 0.717) is 22.5 Å². The maximum atomic E-state index is 11.0. The Labute approximate surface area is 109 Å². The quantitative estimate of drug-likeness (QED) is 0.924. The van der Waals surface area contributed by atoms with Gasteiger partial charge in [0.1, 0.15) is 5.92 Å². The zero-order valence-electron chi connectivity index (χ0n) is 8.64. The van der Waals surface area contributed by atoms with Crippen LogP contribution in [0.5, 0.6) is 0 Å². The molecule has 0 amide bonds. The van der Waals surface area contributed by atoms with Gasteiger partial charge in [0.2, 0.25) is 0 Å². The van der Waals surface area contributed by atoms with Gasteiger partial charge in [-0.1, -0.05) is 0 Å². The van der Waals surface area contributed by atoms with Crippen molar-refractivity contribution < 1.29 is 14.3 Å². The molecule has 4 nitrogen and oxygen atoms in total. The maximum Gasteiger partial charge on any atom is 0.312 e. The molecule has 2 aromatic rings. The topological polar surface area (TPSA) is 63.3 Å². The second kappa shape index (κ2) is 3.96. The number of thiazole rings is 1. The van der Waals surface area contributed by atoms with Gasteiger partial charge in [-0.3, -0.25) is 4.79 Å². The molecular formula is C11H8BrNO3S. The second-order valence-corrected chi connectivity index (χ2v) is 5.73. The van der Waals surface area contributed by atoms with Crippen LogP contribution < -0.4 is 0 Å². The number of aromatic nitrogens is 1. The molecule has 6 heteroatoms. The van der Waals surface area contributed by atoms with Crippen LogP contribution in [0.15, 0.2) is 21.2 Å². The number of fused-ring (bicyclic) bond motifs is 1. The highest BCUT2D eigenvalue weighted by Crippen LogP contribution is 2.40. The molecular weight excluding hydrogens is 306 g/mol. The monoisotopic (exact) mass is 313 g/mol. The number of rotatable bonds is 2. The Balaban J connectivity index is 2.01. The Morgan fingerprint density at radius 1 is 1.59 bits per heavy atom. The van der Waals surface area contributed by atoms with Gasteiger partial charge in [-0.15, -0.1) is 11.3 Å². The van der Waals surface area contributed by atoms with Gasteiger partial charge in [-0.2, -0.15) is 0 Å². The number of aryl methyl sites for hydroxylation is 1. The summed E-state index contributed by atoms with van der Waals surface area (Å²) < 4.78 is 6.07. The van der Waals surface area contributed by atoms with Crippen LogP contribution in [-0.2, 0) is 11.2 Å². The molecule has 1 aliphatic rings. The van der Waals surface area contributed by atoms with Crippen LogP contribution in [0.3, 0.4) is 0 Å². The number of carbonyl (C=O) groups is 1. The molecule has 1 unspecified atom stereocenters. The van der Waals surface area contributed by atoms with Crippen LogP contribution in [0.25, 0.3) is 10.8 Å². The van der Waals surface area contributed by atoms with Gasteiger partial charge >= 0.3 is 5.97 Å². The van der Waals surface area contributed by atoms with Crippen molar-refractivity contribution in [3.63, 3.8) is 0 Å². The van der Waals surface area contributed by atoms with Crippen LogP contribution in [0.4, 0.5) is 0 Å². The Morgan fingerprint density at radius 3 is 3.06 bits per heavy atom. The van der Waals surface area contributed by atoms with Crippen LogP contribution >= 0.6 is 27.3 Å². The van der Waals surface area contributed by atoms with Gasteiger partial charge in [0.05, 0.1) is 5.69 Å². The number of aliphatic carboxylic acids is 1. The Kier molecular flexibility index (Phi) is 2.56. The lowest BCUT2D eigenvalue weighted by atomic mass is 10.1.